The second kappa shape index (κ2) is 9.52. The summed E-state index contributed by atoms with van der Waals surface area (Å²) in [6, 6.07) is 11.2. The van der Waals surface area contributed by atoms with Gasteiger partial charge < -0.3 is 14.6 Å². The van der Waals surface area contributed by atoms with Crippen LogP contribution in [0.4, 0.5) is 5.69 Å². The van der Waals surface area contributed by atoms with Crippen LogP contribution in [0.15, 0.2) is 52.5 Å². The SMILES string of the molecule is CCOC(=O)c1ccc2c(c1)nc(SCC(=O)Nc1ccc(S(C)(=O)=O)cc1)n2CC. The molecule has 0 saturated carbocycles. The minimum atomic E-state index is -3.28. The maximum Gasteiger partial charge on any atom is 0.338 e. The zero-order valence-corrected chi connectivity index (χ0v) is 19.0. The molecule has 0 aliphatic carbocycles. The van der Waals surface area contributed by atoms with Gasteiger partial charge in [-0.25, -0.2) is 18.2 Å². The number of thioether (sulfide) groups is 1. The molecule has 164 valence electrons. The molecular weight excluding hydrogens is 438 g/mol. The third kappa shape index (κ3) is 5.45. The Morgan fingerprint density at radius 3 is 2.45 bits per heavy atom. The number of hydrogen-bond donors (Lipinski definition) is 1. The first kappa shape index (κ1) is 22.8. The van der Waals surface area contributed by atoms with E-state index in [0.29, 0.717) is 35.1 Å². The highest BCUT2D eigenvalue weighted by molar-refractivity contribution is 7.99. The van der Waals surface area contributed by atoms with Crippen molar-refractivity contribution in [3.63, 3.8) is 0 Å². The summed E-state index contributed by atoms with van der Waals surface area (Å²) in [6.45, 7) is 4.69. The van der Waals surface area contributed by atoms with Crippen LogP contribution in [-0.2, 0) is 25.9 Å². The van der Waals surface area contributed by atoms with Gasteiger partial charge in [0.1, 0.15) is 0 Å². The minimum Gasteiger partial charge on any atom is -0.462 e. The van der Waals surface area contributed by atoms with Gasteiger partial charge >= 0.3 is 5.97 Å². The molecule has 3 rings (SSSR count). The van der Waals surface area contributed by atoms with E-state index in [0.717, 1.165) is 11.8 Å². The Morgan fingerprint density at radius 1 is 1.13 bits per heavy atom. The Kier molecular flexibility index (Phi) is 7.01. The van der Waals surface area contributed by atoms with Crippen molar-refractivity contribution in [1.29, 1.82) is 0 Å². The van der Waals surface area contributed by atoms with Crippen molar-refractivity contribution in [3.05, 3.63) is 48.0 Å². The van der Waals surface area contributed by atoms with Crippen LogP contribution in [0.5, 0.6) is 0 Å². The Hall–Kier alpha value is -2.85. The van der Waals surface area contributed by atoms with E-state index in [1.165, 1.54) is 23.9 Å². The Balaban J connectivity index is 1.70. The largest absolute Gasteiger partial charge is 0.462 e. The molecule has 0 spiro atoms. The highest BCUT2D eigenvalue weighted by Gasteiger charge is 2.15. The van der Waals surface area contributed by atoms with Gasteiger partial charge in [-0.15, -0.1) is 0 Å². The summed E-state index contributed by atoms with van der Waals surface area (Å²) in [6.07, 6.45) is 1.13. The fraction of sp³-hybridized carbons (Fsp3) is 0.286. The Bertz CT molecular complexity index is 1220. The molecule has 10 heteroatoms. The van der Waals surface area contributed by atoms with E-state index in [-0.39, 0.29) is 16.6 Å². The first-order valence-corrected chi connectivity index (χ1v) is 12.5. The molecule has 8 nitrogen and oxygen atoms in total. The molecule has 1 N–H and O–H groups in total. The van der Waals surface area contributed by atoms with Crippen LogP contribution in [0.1, 0.15) is 24.2 Å². The molecule has 0 unspecified atom stereocenters. The quantitative estimate of drug-likeness (QED) is 0.405. The monoisotopic (exact) mass is 461 g/mol. The molecule has 0 radical (unpaired) electrons. The predicted molar refractivity (Wildman–Crippen MR) is 120 cm³/mol. The number of hydrogen-bond acceptors (Lipinski definition) is 7. The number of ether oxygens (including phenoxy) is 1. The molecule has 1 heterocycles. The fourth-order valence-electron chi connectivity index (χ4n) is 2.98. The molecule has 3 aromatic rings. The van der Waals surface area contributed by atoms with E-state index in [4.69, 9.17) is 4.74 Å². The summed E-state index contributed by atoms with van der Waals surface area (Å²) >= 11 is 1.28. The van der Waals surface area contributed by atoms with Crippen LogP contribution in [0.25, 0.3) is 11.0 Å². The lowest BCUT2D eigenvalue weighted by atomic mass is 10.2. The summed E-state index contributed by atoms with van der Waals surface area (Å²) in [5.41, 5.74) is 2.48. The highest BCUT2D eigenvalue weighted by Crippen LogP contribution is 2.25. The van der Waals surface area contributed by atoms with E-state index in [1.807, 2.05) is 17.6 Å². The number of aryl methyl sites for hydroxylation is 1. The lowest BCUT2D eigenvalue weighted by molar-refractivity contribution is -0.113. The average molecular weight is 462 g/mol. The molecule has 1 aromatic heterocycles. The van der Waals surface area contributed by atoms with Crippen molar-refractivity contribution in [2.75, 3.05) is 23.9 Å². The smallest absolute Gasteiger partial charge is 0.338 e. The van der Waals surface area contributed by atoms with Gasteiger partial charge in [-0.1, -0.05) is 11.8 Å². The summed E-state index contributed by atoms with van der Waals surface area (Å²) < 4.78 is 30.1. The Morgan fingerprint density at radius 2 is 1.84 bits per heavy atom. The number of aromatic nitrogens is 2. The second-order valence-corrected chi connectivity index (χ2v) is 9.65. The predicted octanol–water partition coefficient (Wildman–Crippen LogP) is 3.37. The maximum absolute atomic E-state index is 12.3. The highest BCUT2D eigenvalue weighted by atomic mass is 32.2. The molecule has 0 saturated heterocycles. The van der Waals surface area contributed by atoms with E-state index in [1.54, 1.807) is 31.2 Å². The molecule has 2 aromatic carbocycles. The fourth-order valence-corrected chi connectivity index (χ4v) is 4.49. The van der Waals surface area contributed by atoms with Crippen molar-refractivity contribution < 1.29 is 22.7 Å². The number of carbonyl (C=O) groups is 2. The van der Waals surface area contributed by atoms with Gasteiger partial charge in [0.15, 0.2) is 15.0 Å². The zero-order valence-electron chi connectivity index (χ0n) is 17.4. The van der Waals surface area contributed by atoms with Crippen molar-refractivity contribution in [2.45, 2.75) is 30.4 Å². The summed E-state index contributed by atoms with van der Waals surface area (Å²) in [4.78, 5) is 29.1. The van der Waals surface area contributed by atoms with E-state index >= 15 is 0 Å². The van der Waals surface area contributed by atoms with Gasteiger partial charge in [0.25, 0.3) is 0 Å². The van der Waals surface area contributed by atoms with Gasteiger partial charge in [0.2, 0.25) is 5.91 Å². The lowest BCUT2D eigenvalue weighted by Crippen LogP contribution is -2.14. The van der Waals surface area contributed by atoms with Crippen molar-refractivity contribution in [3.8, 4) is 0 Å². The third-order valence-corrected chi connectivity index (χ3v) is 6.54. The number of esters is 1. The van der Waals surface area contributed by atoms with Gasteiger partial charge in [-0.05, 0) is 56.3 Å². The van der Waals surface area contributed by atoms with Gasteiger partial charge in [0, 0.05) is 18.5 Å². The average Bonchev–Trinajstić information content (AvgIpc) is 3.08. The molecule has 1 amide bonds. The number of carbonyl (C=O) groups excluding carboxylic acids is 2. The molecule has 0 aliphatic heterocycles. The third-order valence-electron chi connectivity index (χ3n) is 4.44. The standard InChI is InChI=1S/C21H23N3O5S2/c1-4-24-18-11-6-14(20(26)29-5-2)12-17(18)23-21(24)30-13-19(25)22-15-7-9-16(10-8-15)31(3,27)28/h6-12H,4-5,13H2,1-3H3,(H,22,25). The van der Waals surface area contributed by atoms with Crippen LogP contribution >= 0.6 is 11.8 Å². The summed E-state index contributed by atoms with van der Waals surface area (Å²) in [5, 5.41) is 3.42. The first-order chi connectivity index (χ1) is 14.7. The number of rotatable bonds is 8. The molecule has 0 atom stereocenters. The Labute approximate surface area is 184 Å². The van der Waals surface area contributed by atoms with Crippen molar-refractivity contribution >= 4 is 50.2 Å². The summed E-state index contributed by atoms with van der Waals surface area (Å²) in [5.74, 6) is -0.507. The maximum atomic E-state index is 12.3. The number of sulfone groups is 1. The first-order valence-electron chi connectivity index (χ1n) is 9.63. The van der Waals surface area contributed by atoms with E-state index < -0.39 is 15.8 Å². The molecule has 0 bridgehead atoms. The van der Waals surface area contributed by atoms with E-state index in [9.17, 15) is 18.0 Å². The minimum absolute atomic E-state index is 0.127. The number of fused-ring (bicyclic) bond motifs is 1. The number of nitrogens with one attached hydrogen (secondary N) is 1. The summed E-state index contributed by atoms with van der Waals surface area (Å²) in [7, 11) is -3.28. The van der Waals surface area contributed by atoms with Crippen LogP contribution < -0.4 is 5.32 Å². The van der Waals surface area contributed by atoms with Gasteiger partial charge in [0.05, 0.1) is 33.9 Å². The number of imidazole rings is 1. The molecular formula is C21H23N3O5S2. The molecule has 0 fully saturated rings. The van der Waals surface area contributed by atoms with Crippen molar-refractivity contribution in [1.82, 2.24) is 9.55 Å². The van der Waals surface area contributed by atoms with E-state index in [2.05, 4.69) is 10.3 Å². The van der Waals surface area contributed by atoms with Crippen LogP contribution in [0, 0.1) is 0 Å². The second-order valence-electron chi connectivity index (χ2n) is 6.70. The zero-order chi connectivity index (χ0) is 22.6. The number of anilines is 1. The van der Waals surface area contributed by atoms with Gasteiger partial charge in [-0.2, -0.15) is 0 Å². The molecule has 31 heavy (non-hydrogen) atoms. The van der Waals surface area contributed by atoms with Crippen molar-refractivity contribution in [2.24, 2.45) is 0 Å². The lowest BCUT2D eigenvalue weighted by Gasteiger charge is -2.07. The topological polar surface area (TPSA) is 107 Å². The normalized spacial score (nSPS) is 11.5. The molecule has 0 aliphatic rings. The number of amides is 1. The van der Waals surface area contributed by atoms with Gasteiger partial charge in [-0.3, -0.25) is 4.79 Å². The van der Waals surface area contributed by atoms with Crippen LogP contribution in [0.2, 0.25) is 0 Å². The van der Waals surface area contributed by atoms with Crippen LogP contribution in [-0.4, -0.2) is 48.5 Å². The van der Waals surface area contributed by atoms with Crippen LogP contribution in [0.3, 0.4) is 0 Å². The number of benzene rings is 2. The number of nitrogens with zero attached hydrogens (tertiary/aromatic N) is 2.